The fourth-order valence-corrected chi connectivity index (χ4v) is 5.67. The summed E-state index contributed by atoms with van der Waals surface area (Å²) in [5.41, 5.74) is 1.12. The van der Waals surface area contributed by atoms with E-state index in [-0.39, 0.29) is 23.7 Å². The number of fused-ring (bicyclic) bond motifs is 3. The molecule has 0 spiro atoms. The average molecular weight is 320 g/mol. The van der Waals surface area contributed by atoms with Crippen LogP contribution in [-0.2, 0) is 22.4 Å². The van der Waals surface area contributed by atoms with Gasteiger partial charge in [0.15, 0.2) is 5.13 Å². The first kappa shape index (κ1) is 14.2. The summed E-state index contributed by atoms with van der Waals surface area (Å²) in [4.78, 5) is 30.0. The number of carbonyl (C=O) groups excluding carboxylic acids is 1. The molecule has 5 nitrogen and oxygen atoms in total. The quantitative estimate of drug-likeness (QED) is 0.897. The third-order valence-corrected chi connectivity index (χ3v) is 6.65. The zero-order chi connectivity index (χ0) is 15.3. The normalized spacial score (nSPS) is 32.7. The molecule has 3 aliphatic rings. The lowest BCUT2D eigenvalue weighted by atomic mass is 9.79. The predicted octanol–water partition coefficient (Wildman–Crippen LogP) is 2.71. The van der Waals surface area contributed by atoms with Crippen molar-refractivity contribution in [2.75, 3.05) is 5.32 Å². The Balaban J connectivity index is 1.52. The molecule has 1 heterocycles. The molecule has 22 heavy (non-hydrogen) atoms. The summed E-state index contributed by atoms with van der Waals surface area (Å²) in [5, 5.41) is 13.0. The van der Waals surface area contributed by atoms with E-state index in [0.29, 0.717) is 5.13 Å². The fourth-order valence-electron chi connectivity index (χ4n) is 4.62. The van der Waals surface area contributed by atoms with E-state index in [4.69, 9.17) is 0 Å². The van der Waals surface area contributed by atoms with E-state index in [1.807, 2.05) is 0 Å². The second kappa shape index (κ2) is 5.33. The Morgan fingerprint density at radius 1 is 1.14 bits per heavy atom. The number of carboxylic acid groups (broad SMARTS) is 1. The molecule has 2 bridgehead atoms. The zero-order valence-corrected chi connectivity index (χ0v) is 13.2. The zero-order valence-electron chi connectivity index (χ0n) is 12.4. The van der Waals surface area contributed by atoms with Crippen molar-refractivity contribution in [2.24, 2.45) is 23.7 Å². The smallest absolute Gasteiger partial charge is 0.307 e. The van der Waals surface area contributed by atoms with Gasteiger partial charge < -0.3 is 10.4 Å². The monoisotopic (exact) mass is 320 g/mol. The molecule has 2 N–H and O–H groups in total. The van der Waals surface area contributed by atoms with Gasteiger partial charge in [0, 0.05) is 4.88 Å². The number of amides is 1. The highest BCUT2D eigenvalue weighted by molar-refractivity contribution is 7.15. The average Bonchev–Trinajstić information content (AvgIpc) is 3.19. The van der Waals surface area contributed by atoms with Crippen LogP contribution in [0.2, 0.25) is 0 Å². The fraction of sp³-hybridized carbons (Fsp3) is 0.688. The molecular weight excluding hydrogens is 300 g/mol. The van der Waals surface area contributed by atoms with E-state index in [1.165, 1.54) is 11.3 Å². The predicted molar refractivity (Wildman–Crippen MR) is 82.8 cm³/mol. The maximum atomic E-state index is 12.6. The SMILES string of the molecule is O=C(Nc1nc2c(s1)CCCC2)[C@@H]1[C@H]2CC[C@@H](C2)[C@@H]1C(=O)O. The number of carboxylic acids is 1. The van der Waals surface area contributed by atoms with Crippen molar-refractivity contribution in [1.82, 2.24) is 4.98 Å². The van der Waals surface area contributed by atoms with Gasteiger partial charge in [-0.1, -0.05) is 0 Å². The van der Waals surface area contributed by atoms with E-state index in [2.05, 4.69) is 10.3 Å². The topological polar surface area (TPSA) is 79.3 Å². The number of nitrogens with zero attached hydrogens (tertiary/aromatic N) is 1. The van der Waals surface area contributed by atoms with Crippen molar-refractivity contribution in [3.05, 3.63) is 10.6 Å². The lowest BCUT2D eigenvalue weighted by Gasteiger charge is -2.26. The van der Waals surface area contributed by atoms with Gasteiger partial charge in [-0.15, -0.1) is 11.3 Å². The first-order valence-corrected chi connectivity index (χ1v) is 8.97. The van der Waals surface area contributed by atoms with Crippen molar-refractivity contribution >= 4 is 28.3 Å². The summed E-state index contributed by atoms with van der Waals surface area (Å²) >= 11 is 1.56. The highest BCUT2D eigenvalue weighted by Crippen LogP contribution is 2.52. The number of rotatable bonds is 3. The molecule has 118 valence electrons. The van der Waals surface area contributed by atoms with Gasteiger partial charge in [-0.05, 0) is 56.8 Å². The molecule has 2 saturated carbocycles. The van der Waals surface area contributed by atoms with Crippen LogP contribution in [0, 0.1) is 23.7 Å². The van der Waals surface area contributed by atoms with Crippen molar-refractivity contribution in [2.45, 2.75) is 44.9 Å². The summed E-state index contributed by atoms with van der Waals surface area (Å²) in [6.45, 7) is 0. The Morgan fingerprint density at radius 2 is 1.86 bits per heavy atom. The molecule has 6 heteroatoms. The molecule has 1 amide bonds. The van der Waals surface area contributed by atoms with E-state index >= 15 is 0 Å². The minimum atomic E-state index is -0.814. The molecule has 4 atom stereocenters. The second-order valence-corrected chi connectivity index (χ2v) is 7.89. The van der Waals surface area contributed by atoms with Crippen LogP contribution in [-0.4, -0.2) is 22.0 Å². The van der Waals surface area contributed by atoms with Gasteiger partial charge in [0.2, 0.25) is 5.91 Å². The minimum absolute atomic E-state index is 0.134. The lowest BCUT2D eigenvalue weighted by Crippen LogP contribution is -2.37. The third kappa shape index (κ3) is 2.24. The largest absolute Gasteiger partial charge is 0.481 e. The molecular formula is C16H20N2O3S. The lowest BCUT2D eigenvalue weighted by molar-refractivity contribution is -0.148. The Morgan fingerprint density at radius 3 is 2.59 bits per heavy atom. The second-order valence-electron chi connectivity index (χ2n) is 6.81. The van der Waals surface area contributed by atoms with Crippen LogP contribution < -0.4 is 5.32 Å². The summed E-state index contributed by atoms with van der Waals surface area (Å²) in [5.74, 6) is -1.41. The highest BCUT2D eigenvalue weighted by atomic mass is 32.1. The van der Waals surface area contributed by atoms with Gasteiger partial charge >= 0.3 is 5.97 Å². The van der Waals surface area contributed by atoms with Crippen LogP contribution in [0.25, 0.3) is 0 Å². The van der Waals surface area contributed by atoms with E-state index in [9.17, 15) is 14.7 Å². The van der Waals surface area contributed by atoms with Crippen molar-refractivity contribution in [3.8, 4) is 0 Å². The molecule has 0 aliphatic heterocycles. The van der Waals surface area contributed by atoms with Crippen LogP contribution in [0.1, 0.15) is 42.7 Å². The van der Waals surface area contributed by atoms with Crippen LogP contribution in [0.4, 0.5) is 5.13 Å². The number of aryl methyl sites for hydroxylation is 2. The summed E-state index contributed by atoms with van der Waals surface area (Å²) in [7, 11) is 0. The maximum absolute atomic E-state index is 12.6. The van der Waals surface area contributed by atoms with Crippen molar-refractivity contribution in [1.29, 1.82) is 0 Å². The maximum Gasteiger partial charge on any atom is 0.307 e. The number of hydrogen-bond acceptors (Lipinski definition) is 4. The standard InChI is InChI=1S/C16H20N2O3S/c19-14(12-8-5-6-9(7-8)13(12)15(20)21)18-16-17-10-3-1-2-4-11(10)22-16/h8-9,12-13H,1-7H2,(H,20,21)(H,17,18,19)/t8-,9-,12+,13-/m0/s1. The molecule has 4 rings (SSSR count). The van der Waals surface area contributed by atoms with Gasteiger partial charge in [-0.25, -0.2) is 4.98 Å². The van der Waals surface area contributed by atoms with Crippen molar-refractivity contribution < 1.29 is 14.7 Å². The van der Waals surface area contributed by atoms with Crippen LogP contribution in [0.15, 0.2) is 0 Å². The Labute approximate surface area is 133 Å². The molecule has 1 aromatic rings. The Hall–Kier alpha value is -1.43. The van der Waals surface area contributed by atoms with Gasteiger partial charge in [-0.3, -0.25) is 9.59 Å². The number of nitrogens with one attached hydrogen (secondary N) is 1. The third-order valence-electron chi connectivity index (χ3n) is 5.58. The molecule has 0 unspecified atom stereocenters. The highest BCUT2D eigenvalue weighted by Gasteiger charge is 2.54. The number of thiazole rings is 1. The van der Waals surface area contributed by atoms with Gasteiger partial charge in [0.25, 0.3) is 0 Å². The first-order chi connectivity index (χ1) is 10.6. The Bertz CT molecular complexity index is 603. The van der Waals surface area contributed by atoms with Crippen LogP contribution in [0.3, 0.4) is 0 Å². The molecule has 1 aromatic heterocycles. The summed E-state index contributed by atoms with van der Waals surface area (Å²) in [6, 6.07) is 0. The first-order valence-electron chi connectivity index (χ1n) is 8.15. The van der Waals surface area contributed by atoms with E-state index < -0.39 is 11.9 Å². The molecule has 0 saturated heterocycles. The molecule has 0 aromatic carbocycles. The number of anilines is 1. The van der Waals surface area contributed by atoms with Gasteiger partial charge in [-0.2, -0.15) is 0 Å². The minimum Gasteiger partial charge on any atom is -0.481 e. The van der Waals surface area contributed by atoms with Crippen LogP contribution in [0.5, 0.6) is 0 Å². The van der Waals surface area contributed by atoms with Gasteiger partial charge in [0.1, 0.15) is 0 Å². The Kier molecular flexibility index (Phi) is 3.44. The summed E-state index contributed by atoms with van der Waals surface area (Å²) in [6.07, 6.45) is 7.23. The molecule has 3 aliphatic carbocycles. The van der Waals surface area contributed by atoms with E-state index in [0.717, 1.165) is 44.2 Å². The summed E-state index contributed by atoms with van der Waals surface area (Å²) < 4.78 is 0. The number of hydrogen-bond donors (Lipinski definition) is 2. The van der Waals surface area contributed by atoms with Crippen molar-refractivity contribution in [3.63, 3.8) is 0 Å². The number of aromatic nitrogens is 1. The molecule has 2 fully saturated rings. The van der Waals surface area contributed by atoms with Gasteiger partial charge in [0.05, 0.1) is 17.5 Å². The number of carbonyl (C=O) groups is 2. The molecule has 0 radical (unpaired) electrons. The van der Waals surface area contributed by atoms with Crippen LogP contribution >= 0.6 is 11.3 Å². The van der Waals surface area contributed by atoms with E-state index in [1.54, 1.807) is 11.3 Å². The number of aliphatic carboxylic acids is 1.